The molecule has 1 aromatic rings. The number of rotatable bonds is 5. The van der Waals surface area contributed by atoms with Crippen molar-refractivity contribution in [2.24, 2.45) is 0 Å². The minimum atomic E-state index is -5.68. The smallest absolute Gasteiger partial charge is 0.445 e. The first-order valence-electron chi connectivity index (χ1n) is 5.09. The van der Waals surface area contributed by atoms with Crippen LogP contribution in [0, 0.1) is 6.92 Å². The lowest BCUT2D eigenvalue weighted by molar-refractivity contribution is 0.438. The molecular formula is C8H7BF5O5S2-. The maximum atomic E-state index is 12.8. The Kier molecular flexibility index (Phi) is 4.58. The molecule has 0 fully saturated rings. The van der Waals surface area contributed by atoms with Gasteiger partial charge in [0, 0.05) is 0 Å². The molecule has 120 valence electrons. The van der Waals surface area contributed by atoms with Crippen LogP contribution in [0.1, 0.15) is 11.1 Å². The largest absolute Gasteiger partial charge is 0.510 e. The van der Waals surface area contributed by atoms with Crippen molar-refractivity contribution in [3.63, 3.8) is 0 Å². The summed E-state index contributed by atoms with van der Waals surface area (Å²) in [5, 5.41) is 0. The van der Waals surface area contributed by atoms with Crippen LogP contribution in [0.4, 0.5) is 20.7 Å². The third-order valence-electron chi connectivity index (χ3n) is 2.34. The fourth-order valence-electron chi connectivity index (χ4n) is 1.58. The van der Waals surface area contributed by atoms with Gasteiger partial charge in [0.05, 0.1) is 0 Å². The molecule has 0 radical (unpaired) electrons. The molecule has 0 aromatic heterocycles. The van der Waals surface area contributed by atoms with Gasteiger partial charge in [0.1, 0.15) is 11.5 Å². The van der Waals surface area contributed by atoms with Crippen LogP contribution in [-0.2, 0) is 26.5 Å². The van der Waals surface area contributed by atoms with Crippen molar-refractivity contribution in [2.45, 2.75) is 12.7 Å². The summed E-state index contributed by atoms with van der Waals surface area (Å²) in [7, 11) is -10.8. The molecule has 0 N–H and O–H groups in total. The fourth-order valence-corrected chi connectivity index (χ4v) is 2.54. The van der Waals surface area contributed by atoms with Crippen LogP contribution in [0.25, 0.3) is 0 Å². The zero-order valence-corrected chi connectivity index (χ0v) is 11.8. The van der Waals surface area contributed by atoms with Gasteiger partial charge in [-0.25, -0.2) is 0 Å². The summed E-state index contributed by atoms with van der Waals surface area (Å²) in [6, 6.07) is 0.846. The second-order valence-electron chi connectivity index (χ2n) is 4.04. The van der Waals surface area contributed by atoms with Crippen molar-refractivity contribution >= 4 is 33.2 Å². The maximum absolute atomic E-state index is 12.8. The molecule has 13 heteroatoms. The lowest BCUT2D eigenvalue weighted by atomic mass is 9.76. The van der Waals surface area contributed by atoms with Crippen LogP contribution >= 0.6 is 0 Å². The normalized spacial score (nSPS) is 13.2. The molecule has 0 unspecified atom stereocenters. The molecule has 0 heterocycles. The lowest BCUT2D eigenvalue weighted by Gasteiger charge is -2.20. The van der Waals surface area contributed by atoms with Crippen LogP contribution in [0.15, 0.2) is 12.1 Å². The maximum Gasteiger partial charge on any atom is 0.510 e. The van der Waals surface area contributed by atoms with Gasteiger partial charge in [-0.1, -0.05) is 9.95 Å². The molecule has 5 nitrogen and oxygen atoms in total. The second-order valence-corrected chi connectivity index (χ2v) is 6.36. The van der Waals surface area contributed by atoms with E-state index in [0.29, 0.717) is 12.1 Å². The van der Waals surface area contributed by atoms with E-state index in [1.807, 2.05) is 0 Å². The molecule has 0 spiro atoms. The van der Waals surface area contributed by atoms with Gasteiger partial charge in [-0.15, -0.1) is 9.35 Å². The zero-order valence-electron chi connectivity index (χ0n) is 10.2. The molecule has 0 saturated carbocycles. The van der Waals surface area contributed by atoms with Gasteiger partial charge in [-0.2, -0.15) is 16.8 Å². The highest BCUT2D eigenvalue weighted by Gasteiger charge is 2.30. The van der Waals surface area contributed by atoms with Crippen molar-refractivity contribution in [1.82, 2.24) is 0 Å². The van der Waals surface area contributed by atoms with E-state index in [9.17, 15) is 37.6 Å². The second kappa shape index (κ2) is 5.44. The van der Waals surface area contributed by atoms with Crippen molar-refractivity contribution in [3.8, 4) is 5.75 Å². The molecule has 21 heavy (non-hydrogen) atoms. The Hall–Kier alpha value is -1.37. The van der Waals surface area contributed by atoms with Crippen LogP contribution in [0.5, 0.6) is 5.75 Å². The van der Waals surface area contributed by atoms with Gasteiger partial charge < -0.3 is 17.1 Å². The Labute approximate surface area is 117 Å². The molecule has 0 aliphatic rings. The quantitative estimate of drug-likeness (QED) is 0.455. The Bertz CT molecular complexity index is 756. The summed E-state index contributed by atoms with van der Waals surface area (Å²) in [6.07, 6.45) is 0. The molecule has 0 bridgehead atoms. The number of benzene rings is 1. The van der Waals surface area contributed by atoms with E-state index in [0.717, 1.165) is 6.92 Å². The van der Waals surface area contributed by atoms with E-state index in [2.05, 4.69) is 4.18 Å². The van der Waals surface area contributed by atoms with Gasteiger partial charge in [-0.05, 0) is 24.1 Å². The highest BCUT2D eigenvalue weighted by atomic mass is 32.3. The molecule has 0 aliphatic carbocycles. The van der Waals surface area contributed by atoms with Gasteiger partial charge in [0.15, 0.2) is 0 Å². The van der Waals surface area contributed by atoms with Crippen molar-refractivity contribution in [2.75, 3.05) is 0 Å². The van der Waals surface area contributed by atoms with Gasteiger partial charge in [-0.3, -0.25) is 0 Å². The van der Waals surface area contributed by atoms with Gasteiger partial charge in [0.2, 0.25) is 0 Å². The fraction of sp³-hybridized carbons (Fsp3) is 0.250. The Morgan fingerprint density at radius 3 is 2.00 bits per heavy atom. The molecule has 1 rings (SSSR count). The standard InChI is InChI=1S/C8H7BF5O5S2/c1-5-7(9(10,11)12)2-6(4-20(13,15)16)3-8(5)19-21(14,17)18/h2-3H,4H2,1H3/q-1. The number of hydrogen-bond donors (Lipinski definition) is 0. The average Bonchev–Trinajstić information content (AvgIpc) is 2.16. The van der Waals surface area contributed by atoms with Crippen molar-refractivity contribution in [3.05, 3.63) is 23.3 Å². The van der Waals surface area contributed by atoms with Crippen LogP contribution < -0.4 is 9.65 Å². The van der Waals surface area contributed by atoms with E-state index in [-0.39, 0.29) is 0 Å². The summed E-state index contributed by atoms with van der Waals surface area (Å²) < 4.78 is 109. The van der Waals surface area contributed by atoms with Gasteiger partial charge >= 0.3 is 27.7 Å². The molecular weight excluding hydrogens is 346 g/mol. The summed E-state index contributed by atoms with van der Waals surface area (Å²) in [5.74, 6) is -2.50. The molecule has 0 amide bonds. The third-order valence-corrected chi connectivity index (χ3v) is 3.40. The molecule has 0 atom stereocenters. The van der Waals surface area contributed by atoms with E-state index in [4.69, 9.17) is 0 Å². The molecule has 1 aromatic carbocycles. The van der Waals surface area contributed by atoms with E-state index >= 15 is 0 Å². The first-order valence-corrected chi connectivity index (χ1v) is 7.95. The summed E-state index contributed by atoms with van der Waals surface area (Å²) in [4.78, 5) is 0. The van der Waals surface area contributed by atoms with Crippen LogP contribution in [0.2, 0.25) is 0 Å². The minimum Gasteiger partial charge on any atom is -0.445 e. The number of halogens is 5. The summed E-state index contributed by atoms with van der Waals surface area (Å²) in [5.41, 5.74) is -2.89. The number of hydrogen-bond acceptors (Lipinski definition) is 5. The summed E-state index contributed by atoms with van der Waals surface area (Å²) in [6.45, 7) is -4.87. The van der Waals surface area contributed by atoms with Crippen LogP contribution in [0.3, 0.4) is 0 Å². The highest BCUT2D eigenvalue weighted by molar-refractivity contribution is 7.85. The Balaban J connectivity index is 3.53. The summed E-state index contributed by atoms with van der Waals surface area (Å²) >= 11 is 0. The lowest BCUT2D eigenvalue weighted by Crippen LogP contribution is -2.37. The third kappa shape index (κ3) is 5.49. The average molecular weight is 353 g/mol. The predicted molar refractivity (Wildman–Crippen MR) is 64.3 cm³/mol. The Morgan fingerprint density at radius 2 is 1.62 bits per heavy atom. The zero-order chi connectivity index (χ0) is 16.6. The minimum absolute atomic E-state index is 0.337. The first-order chi connectivity index (χ1) is 9.19. The van der Waals surface area contributed by atoms with Crippen molar-refractivity contribution < 1.29 is 41.7 Å². The van der Waals surface area contributed by atoms with Crippen LogP contribution in [-0.4, -0.2) is 23.8 Å². The Morgan fingerprint density at radius 1 is 1.10 bits per heavy atom. The first kappa shape index (κ1) is 17.7. The van der Waals surface area contributed by atoms with Crippen molar-refractivity contribution in [1.29, 1.82) is 0 Å². The van der Waals surface area contributed by atoms with Gasteiger partial charge in [0.25, 0.3) is 0 Å². The van der Waals surface area contributed by atoms with E-state index < -0.39 is 55.8 Å². The van der Waals surface area contributed by atoms with E-state index in [1.54, 1.807) is 0 Å². The highest BCUT2D eigenvalue weighted by Crippen LogP contribution is 2.25. The van der Waals surface area contributed by atoms with E-state index in [1.165, 1.54) is 0 Å². The topological polar surface area (TPSA) is 77.5 Å². The molecule has 0 aliphatic heterocycles. The molecule has 0 saturated heterocycles. The predicted octanol–water partition coefficient (Wildman–Crippen LogP) is 1.44. The SMILES string of the molecule is Cc1c(OS(=O)(=O)F)cc(CS(=O)(=O)F)cc1[B-](F)(F)F. The monoisotopic (exact) mass is 353 g/mol.